The van der Waals surface area contributed by atoms with Gasteiger partial charge in [-0.1, -0.05) is 31.2 Å². The Bertz CT molecular complexity index is 1280. The molecule has 6 heteroatoms. The Kier molecular flexibility index (Phi) is 6.46. The third-order valence-electron chi connectivity index (χ3n) is 10.2. The van der Waals surface area contributed by atoms with E-state index >= 15 is 0 Å². The number of H-pyrrole nitrogens is 1. The second-order valence-electron chi connectivity index (χ2n) is 12.2. The Morgan fingerprint density at radius 2 is 2.00 bits per heavy atom. The standard InChI is InChI=1S/C31H39N3O3/c1-31-16-15-23-22-10-4-2-7-19(22)13-14-24(23)29(31)21(18-27(31)34-37)9-6-12-28(35)32-26-17-20-8-3-5-11-25(20)33-30(26)36/h2,4,7,10,17,21,23-24,29,37H,3,5-6,8-9,11-16,18H2,1H3,(H,32,35)(H,33,36)/p-1/b34-27+/t21-,23?,24?,29?,31-/m1/s1. The number of rotatable bonds is 5. The number of nitrogens with one attached hydrogen (secondary N) is 2. The van der Waals surface area contributed by atoms with E-state index in [1.807, 2.05) is 6.07 Å². The first-order chi connectivity index (χ1) is 18.0. The highest BCUT2D eigenvalue weighted by atomic mass is 16.4. The molecule has 2 aromatic rings. The predicted molar refractivity (Wildman–Crippen MR) is 147 cm³/mol. The monoisotopic (exact) mass is 500 g/mol. The molecule has 0 aliphatic heterocycles. The molecule has 0 bridgehead atoms. The Morgan fingerprint density at radius 1 is 1.16 bits per heavy atom. The van der Waals surface area contributed by atoms with Gasteiger partial charge >= 0.3 is 0 Å². The summed E-state index contributed by atoms with van der Waals surface area (Å²) in [5.74, 6) is 1.86. The van der Waals surface area contributed by atoms with Crippen molar-refractivity contribution in [3.8, 4) is 0 Å². The maximum absolute atomic E-state index is 12.8. The fraction of sp³-hybridized carbons (Fsp3) is 0.581. The summed E-state index contributed by atoms with van der Waals surface area (Å²) in [6.45, 7) is 2.28. The summed E-state index contributed by atoms with van der Waals surface area (Å²) in [6.07, 6.45) is 11.3. The fourth-order valence-corrected chi connectivity index (χ4v) is 8.51. The van der Waals surface area contributed by atoms with Crippen LogP contribution >= 0.6 is 0 Å². The molecular formula is C31H38N3O3-. The average molecular weight is 501 g/mol. The molecule has 2 fully saturated rings. The number of pyridine rings is 1. The Hall–Kier alpha value is -2.89. The molecule has 1 aromatic heterocycles. The molecule has 2 saturated carbocycles. The van der Waals surface area contributed by atoms with Crippen LogP contribution in [0.2, 0.25) is 0 Å². The number of anilines is 1. The molecule has 6 nitrogen and oxygen atoms in total. The second-order valence-corrected chi connectivity index (χ2v) is 12.2. The predicted octanol–water partition coefficient (Wildman–Crippen LogP) is 6.08. The summed E-state index contributed by atoms with van der Waals surface area (Å²) >= 11 is 0. The molecule has 1 heterocycles. The van der Waals surface area contributed by atoms with Gasteiger partial charge in [0.2, 0.25) is 5.91 Å². The van der Waals surface area contributed by atoms with Crippen LogP contribution in [-0.4, -0.2) is 16.6 Å². The number of hydrogen-bond acceptors (Lipinski definition) is 4. The van der Waals surface area contributed by atoms with Crippen LogP contribution in [0.15, 0.2) is 40.3 Å². The highest BCUT2D eigenvalue weighted by Crippen LogP contribution is 2.62. The van der Waals surface area contributed by atoms with Gasteiger partial charge in [0.25, 0.3) is 5.56 Å². The first-order valence-electron chi connectivity index (χ1n) is 14.3. The normalized spacial score (nSPS) is 31.2. The van der Waals surface area contributed by atoms with Crippen molar-refractivity contribution in [2.24, 2.45) is 28.3 Å². The van der Waals surface area contributed by atoms with Crippen LogP contribution in [0.3, 0.4) is 0 Å². The van der Waals surface area contributed by atoms with Gasteiger partial charge < -0.3 is 20.7 Å². The van der Waals surface area contributed by atoms with Crippen molar-refractivity contribution in [3.05, 3.63) is 68.3 Å². The van der Waals surface area contributed by atoms with Gasteiger partial charge in [0.1, 0.15) is 5.69 Å². The molecule has 6 rings (SSSR count). The molecular weight excluding hydrogens is 462 g/mol. The zero-order valence-corrected chi connectivity index (χ0v) is 21.9. The van der Waals surface area contributed by atoms with Gasteiger partial charge in [0.05, 0.1) is 0 Å². The molecule has 196 valence electrons. The topological polar surface area (TPSA) is 97.4 Å². The molecule has 3 unspecified atom stereocenters. The van der Waals surface area contributed by atoms with Crippen LogP contribution in [0.5, 0.6) is 0 Å². The number of nitrogens with zero attached hydrogens (tertiary/aromatic N) is 1. The van der Waals surface area contributed by atoms with Crippen LogP contribution in [0.25, 0.3) is 0 Å². The van der Waals surface area contributed by atoms with Gasteiger partial charge in [-0.15, -0.1) is 0 Å². The number of fused-ring (bicyclic) bond motifs is 6. The lowest BCUT2D eigenvalue weighted by Crippen LogP contribution is -2.44. The van der Waals surface area contributed by atoms with Crippen LogP contribution in [0.4, 0.5) is 5.69 Å². The first kappa shape index (κ1) is 24.4. The SMILES string of the molecule is C[C@]12CCC3c4ccccc4CCC3C1[C@H](CCCC(=O)Nc1cc3c([nH]c1=O)CCCC3)C/C2=N\[O-]. The smallest absolute Gasteiger partial charge is 0.271 e. The van der Waals surface area contributed by atoms with Crippen molar-refractivity contribution >= 4 is 17.3 Å². The highest BCUT2D eigenvalue weighted by Gasteiger charge is 2.56. The molecule has 0 radical (unpaired) electrons. The van der Waals surface area contributed by atoms with Crippen LogP contribution in [-0.2, 0) is 24.1 Å². The van der Waals surface area contributed by atoms with Crippen molar-refractivity contribution in [2.45, 2.75) is 89.9 Å². The van der Waals surface area contributed by atoms with E-state index < -0.39 is 0 Å². The molecule has 0 spiro atoms. The maximum Gasteiger partial charge on any atom is 0.271 e. The minimum Gasteiger partial charge on any atom is -0.792 e. The summed E-state index contributed by atoms with van der Waals surface area (Å²) in [5, 5.41) is 18.3. The maximum atomic E-state index is 12.8. The Balaban J connectivity index is 1.13. The van der Waals surface area contributed by atoms with E-state index in [1.165, 1.54) is 17.5 Å². The van der Waals surface area contributed by atoms with E-state index in [0.717, 1.165) is 81.2 Å². The van der Waals surface area contributed by atoms with Gasteiger partial charge in [0, 0.05) is 23.2 Å². The van der Waals surface area contributed by atoms with E-state index in [-0.39, 0.29) is 16.9 Å². The van der Waals surface area contributed by atoms with Gasteiger partial charge in [-0.05, 0) is 117 Å². The van der Waals surface area contributed by atoms with Crippen molar-refractivity contribution in [3.63, 3.8) is 0 Å². The molecule has 1 amide bonds. The van der Waals surface area contributed by atoms with Gasteiger partial charge in [-0.2, -0.15) is 0 Å². The largest absolute Gasteiger partial charge is 0.792 e. The Morgan fingerprint density at radius 3 is 2.86 bits per heavy atom. The van der Waals surface area contributed by atoms with Crippen LogP contribution < -0.4 is 10.9 Å². The highest BCUT2D eigenvalue weighted by molar-refractivity contribution is 5.93. The first-order valence-corrected chi connectivity index (χ1v) is 14.3. The molecule has 5 atom stereocenters. The van der Waals surface area contributed by atoms with E-state index in [9.17, 15) is 14.8 Å². The summed E-state index contributed by atoms with van der Waals surface area (Å²) in [5.41, 5.74) is 6.08. The van der Waals surface area contributed by atoms with Gasteiger partial charge in [-0.3, -0.25) is 9.59 Å². The summed E-state index contributed by atoms with van der Waals surface area (Å²) < 4.78 is 0. The molecule has 4 aliphatic rings. The minimum atomic E-state index is -0.206. The van der Waals surface area contributed by atoms with Crippen molar-refractivity contribution < 1.29 is 4.79 Å². The number of aromatic nitrogens is 1. The van der Waals surface area contributed by atoms with Gasteiger partial charge in [0.15, 0.2) is 0 Å². The quantitative estimate of drug-likeness (QED) is 0.487. The molecule has 2 N–H and O–H groups in total. The Labute approximate surface area is 219 Å². The fourth-order valence-electron chi connectivity index (χ4n) is 8.51. The average Bonchev–Trinajstić information content (AvgIpc) is 3.20. The lowest BCUT2D eigenvalue weighted by molar-refractivity contribution is -0.116. The van der Waals surface area contributed by atoms with E-state index in [2.05, 4.69) is 46.6 Å². The van der Waals surface area contributed by atoms with Crippen molar-refractivity contribution in [1.82, 2.24) is 4.98 Å². The van der Waals surface area contributed by atoms with Crippen molar-refractivity contribution in [2.75, 3.05) is 5.32 Å². The molecule has 4 aliphatic carbocycles. The lowest BCUT2D eigenvalue weighted by atomic mass is 9.54. The van der Waals surface area contributed by atoms with Crippen LogP contribution in [0.1, 0.15) is 93.0 Å². The molecule has 1 aromatic carbocycles. The number of amides is 1. The summed E-state index contributed by atoms with van der Waals surface area (Å²) in [6, 6.07) is 10.8. The van der Waals surface area contributed by atoms with E-state index in [4.69, 9.17) is 0 Å². The number of hydrogen-bond donors (Lipinski definition) is 2. The number of benzene rings is 1. The molecule has 37 heavy (non-hydrogen) atoms. The number of aryl methyl sites for hydroxylation is 3. The van der Waals surface area contributed by atoms with E-state index in [0.29, 0.717) is 35.8 Å². The third kappa shape index (κ3) is 4.32. The zero-order valence-electron chi connectivity index (χ0n) is 21.9. The summed E-state index contributed by atoms with van der Waals surface area (Å²) in [4.78, 5) is 28.3. The second kappa shape index (κ2) is 9.77. The third-order valence-corrected chi connectivity index (χ3v) is 10.2. The lowest BCUT2D eigenvalue weighted by Gasteiger charge is -2.50. The number of aromatic amines is 1. The van der Waals surface area contributed by atoms with Gasteiger partial charge in [-0.25, -0.2) is 0 Å². The summed E-state index contributed by atoms with van der Waals surface area (Å²) in [7, 11) is 0. The number of carbonyl (C=O) groups is 1. The zero-order chi connectivity index (χ0) is 25.6. The van der Waals surface area contributed by atoms with Crippen molar-refractivity contribution in [1.29, 1.82) is 0 Å². The van der Waals surface area contributed by atoms with E-state index in [1.54, 1.807) is 0 Å². The molecule has 0 saturated heterocycles. The minimum absolute atomic E-state index is 0.104. The van der Waals surface area contributed by atoms with Crippen LogP contribution in [0, 0.1) is 28.4 Å². The number of carbonyl (C=O) groups excluding carboxylic acids is 1.